The van der Waals surface area contributed by atoms with Gasteiger partial charge in [0.25, 0.3) is 5.60 Å². The van der Waals surface area contributed by atoms with Crippen LogP contribution in [0, 0.1) is 0 Å². The number of halogens is 7. The highest BCUT2D eigenvalue weighted by Gasteiger charge is 2.62. The van der Waals surface area contributed by atoms with Crippen molar-refractivity contribution in [3.05, 3.63) is 62.6 Å². The molecule has 0 aromatic heterocycles. The van der Waals surface area contributed by atoms with Gasteiger partial charge in [0.1, 0.15) is 0 Å². The number of amides is 1. The van der Waals surface area contributed by atoms with Gasteiger partial charge in [0.05, 0.1) is 16.4 Å². The van der Waals surface area contributed by atoms with E-state index in [0.717, 1.165) is 12.1 Å². The SMILES string of the molecule is O=C(CCCBr)NNc1cc(C2=NOC(c3cc(Cl)cc(Cl)c3)(C(F)(F)F)C2)ccc1Cl. The lowest BCUT2D eigenvalue weighted by Crippen LogP contribution is -2.42. The number of carbonyl (C=O) groups is 1. The van der Waals surface area contributed by atoms with Gasteiger partial charge in [-0.05, 0) is 36.8 Å². The third-order valence-electron chi connectivity index (χ3n) is 4.69. The summed E-state index contributed by atoms with van der Waals surface area (Å²) in [6, 6.07) is 8.10. The van der Waals surface area contributed by atoms with Gasteiger partial charge in [-0.25, -0.2) is 0 Å². The molecule has 0 saturated carbocycles. The summed E-state index contributed by atoms with van der Waals surface area (Å²) in [6.07, 6.45) is -4.48. The first-order chi connectivity index (χ1) is 15.1. The van der Waals surface area contributed by atoms with Crippen molar-refractivity contribution in [1.29, 1.82) is 0 Å². The molecule has 0 spiro atoms. The lowest BCUT2D eigenvalue weighted by Gasteiger charge is -2.29. The van der Waals surface area contributed by atoms with Gasteiger partial charge in [-0.2, -0.15) is 13.2 Å². The zero-order chi connectivity index (χ0) is 23.5. The number of hydrogen-bond acceptors (Lipinski definition) is 4. The van der Waals surface area contributed by atoms with Gasteiger partial charge in [0.2, 0.25) is 5.91 Å². The number of oxime groups is 1. The smallest absolute Gasteiger partial charge is 0.374 e. The topological polar surface area (TPSA) is 62.7 Å². The van der Waals surface area contributed by atoms with Gasteiger partial charge in [0, 0.05) is 39.3 Å². The second-order valence-corrected chi connectivity index (χ2v) is 9.02. The normalized spacial score (nSPS) is 18.2. The molecule has 1 unspecified atom stereocenters. The lowest BCUT2D eigenvalue weighted by atomic mass is 9.86. The number of carbonyl (C=O) groups excluding carboxylic acids is 1. The van der Waals surface area contributed by atoms with Crippen molar-refractivity contribution in [2.75, 3.05) is 10.8 Å². The zero-order valence-corrected chi connectivity index (χ0v) is 20.1. The van der Waals surface area contributed by atoms with Crippen molar-refractivity contribution in [3.8, 4) is 0 Å². The number of nitrogens with one attached hydrogen (secondary N) is 2. The van der Waals surface area contributed by atoms with E-state index in [2.05, 4.69) is 31.9 Å². The molecule has 172 valence electrons. The Morgan fingerprint density at radius 2 is 1.84 bits per heavy atom. The fraction of sp³-hybridized carbons (Fsp3) is 0.300. The van der Waals surface area contributed by atoms with E-state index in [1.165, 1.54) is 24.3 Å². The third-order valence-corrected chi connectivity index (χ3v) is 6.02. The number of alkyl halides is 4. The molecule has 0 bridgehead atoms. The van der Waals surface area contributed by atoms with Crippen LogP contribution in [-0.4, -0.2) is 23.1 Å². The zero-order valence-electron chi connectivity index (χ0n) is 16.2. The van der Waals surface area contributed by atoms with Gasteiger partial charge in [-0.1, -0.05) is 62.0 Å². The predicted molar refractivity (Wildman–Crippen MR) is 123 cm³/mol. The van der Waals surface area contributed by atoms with E-state index in [1.54, 1.807) is 0 Å². The fourth-order valence-corrected chi connectivity index (χ4v) is 4.04. The van der Waals surface area contributed by atoms with Crippen LogP contribution >= 0.6 is 50.7 Å². The van der Waals surface area contributed by atoms with Crippen molar-refractivity contribution >= 4 is 68.0 Å². The Hall–Kier alpha value is -1.68. The minimum Gasteiger partial charge on any atom is -0.374 e. The number of hydrogen-bond donors (Lipinski definition) is 2. The second kappa shape index (κ2) is 10.1. The van der Waals surface area contributed by atoms with Crippen LogP contribution in [0.3, 0.4) is 0 Å². The summed E-state index contributed by atoms with van der Waals surface area (Å²) in [4.78, 5) is 16.8. The summed E-state index contributed by atoms with van der Waals surface area (Å²) >= 11 is 21.2. The Morgan fingerprint density at radius 1 is 1.16 bits per heavy atom. The van der Waals surface area contributed by atoms with Crippen LogP contribution in [0.1, 0.15) is 30.4 Å². The first-order valence-electron chi connectivity index (χ1n) is 9.25. The molecule has 5 nitrogen and oxygen atoms in total. The van der Waals surface area contributed by atoms with E-state index in [9.17, 15) is 18.0 Å². The second-order valence-electron chi connectivity index (χ2n) is 6.95. The van der Waals surface area contributed by atoms with Crippen molar-refractivity contribution in [3.63, 3.8) is 0 Å². The number of nitrogens with zero attached hydrogens (tertiary/aromatic N) is 1. The lowest BCUT2D eigenvalue weighted by molar-refractivity contribution is -0.275. The minimum absolute atomic E-state index is 0.0433. The average molecular weight is 574 g/mol. The van der Waals surface area contributed by atoms with Gasteiger partial charge >= 0.3 is 6.18 Å². The maximum atomic E-state index is 14.1. The molecule has 1 aliphatic rings. The van der Waals surface area contributed by atoms with E-state index >= 15 is 0 Å². The van der Waals surface area contributed by atoms with Gasteiger partial charge in [0.15, 0.2) is 0 Å². The molecular formula is C20H16BrCl3F3N3O2. The van der Waals surface area contributed by atoms with Crippen LogP contribution in [0.2, 0.25) is 15.1 Å². The molecule has 0 radical (unpaired) electrons. The summed E-state index contributed by atoms with van der Waals surface area (Å²) < 4.78 is 42.4. The first kappa shape index (κ1) is 25.0. The van der Waals surface area contributed by atoms with Crippen molar-refractivity contribution in [2.24, 2.45) is 5.16 Å². The van der Waals surface area contributed by atoms with Crippen LogP contribution in [0.15, 0.2) is 41.6 Å². The third kappa shape index (κ3) is 5.44. The summed E-state index contributed by atoms with van der Waals surface area (Å²) in [5, 5.41) is 4.74. The average Bonchev–Trinajstić information content (AvgIpc) is 3.18. The monoisotopic (exact) mass is 571 g/mol. The quantitative estimate of drug-likeness (QED) is 0.282. The molecule has 1 heterocycles. The van der Waals surface area contributed by atoms with Crippen molar-refractivity contribution in [2.45, 2.75) is 31.0 Å². The van der Waals surface area contributed by atoms with Crippen LogP contribution in [-0.2, 0) is 15.2 Å². The highest BCUT2D eigenvalue weighted by Crippen LogP contribution is 2.49. The molecule has 2 N–H and O–H groups in total. The molecule has 2 aromatic carbocycles. The summed E-state index contributed by atoms with van der Waals surface area (Å²) in [6.45, 7) is 0. The predicted octanol–water partition coefficient (Wildman–Crippen LogP) is 6.85. The molecule has 1 amide bonds. The molecule has 3 rings (SSSR count). The summed E-state index contributed by atoms with van der Waals surface area (Å²) in [7, 11) is 0. The molecule has 0 fully saturated rings. The molecule has 1 atom stereocenters. The molecule has 2 aromatic rings. The van der Waals surface area contributed by atoms with E-state index in [-0.39, 0.29) is 38.7 Å². The van der Waals surface area contributed by atoms with Gasteiger partial charge in [-0.3, -0.25) is 15.6 Å². The van der Waals surface area contributed by atoms with Crippen molar-refractivity contribution in [1.82, 2.24) is 5.43 Å². The first-order valence-corrected chi connectivity index (χ1v) is 11.5. The molecule has 32 heavy (non-hydrogen) atoms. The fourth-order valence-electron chi connectivity index (χ4n) is 3.07. The largest absolute Gasteiger partial charge is 0.435 e. The Labute approximate surface area is 205 Å². The number of rotatable bonds is 7. The van der Waals surface area contributed by atoms with E-state index < -0.39 is 18.2 Å². The maximum Gasteiger partial charge on any atom is 0.435 e. The highest BCUT2D eigenvalue weighted by atomic mass is 79.9. The molecule has 0 aliphatic carbocycles. The van der Waals surface area contributed by atoms with E-state index in [4.69, 9.17) is 39.6 Å². The van der Waals surface area contributed by atoms with Crippen LogP contribution in [0.5, 0.6) is 0 Å². The molecular weight excluding hydrogens is 557 g/mol. The molecule has 1 aliphatic heterocycles. The minimum atomic E-state index is -4.80. The van der Waals surface area contributed by atoms with Gasteiger partial charge in [-0.15, -0.1) is 0 Å². The summed E-state index contributed by atoms with van der Waals surface area (Å²) in [5.41, 5.74) is 2.87. The van der Waals surface area contributed by atoms with Gasteiger partial charge < -0.3 is 4.84 Å². The molecule has 0 saturated heterocycles. The van der Waals surface area contributed by atoms with Crippen LogP contribution < -0.4 is 10.9 Å². The Balaban J connectivity index is 1.86. The van der Waals surface area contributed by atoms with Crippen LogP contribution in [0.25, 0.3) is 0 Å². The Morgan fingerprint density at radius 3 is 2.47 bits per heavy atom. The van der Waals surface area contributed by atoms with E-state index in [0.29, 0.717) is 23.0 Å². The number of anilines is 1. The molecule has 12 heteroatoms. The Bertz CT molecular complexity index is 1030. The Kier molecular flexibility index (Phi) is 7.85. The van der Waals surface area contributed by atoms with Crippen molar-refractivity contribution < 1.29 is 22.8 Å². The van der Waals surface area contributed by atoms with E-state index in [1.807, 2.05) is 0 Å². The standard InChI is InChI=1S/C20H16BrCl3F3N3O2/c21-5-1-2-18(31)29-28-16-6-11(3-4-15(16)24)17-10-19(32-30-17,20(25,26)27)12-7-13(22)9-14(23)8-12/h3-4,6-9,28H,1-2,5,10H2,(H,29,31). The highest BCUT2D eigenvalue weighted by molar-refractivity contribution is 9.09. The maximum absolute atomic E-state index is 14.1. The number of hydrazine groups is 1. The summed E-state index contributed by atoms with van der Waals surface area (Å²) in [5.74, 6) is -0.263. The number of benzene rings is 2. The van der Waals surface area contributed by atoms with Crippen LogP contribution in [0.4, 0.5) is 18.9 Å².